The minimum Gasteiger partial charge on any atom is -0.499 e. The Labute approximate surface area is 310 Å². The van der Waals surface area contributed by atoms with Gasteiger partial charge in [-0.15, -0.1) is 53.6 Å². The average Bonchev–Trinajstić information content (AvgIpc) is 3.56. The van der Waals surface area contributed by atoms with Gasteiger partial charge in [0.2, 0.25) is 0 Å². The molecule has 0 aliphatic carbocycles. The van der Waals surface area contributed by atoms with E-state index in [1.54, 1.807) is 66.7 Å². The summed E-state index contributed by atoms with van der Waals surface area (Å²) in [5.74, 6) is 0. The zero-order valence-electron chi connectivity index (χ0n) is 38.9. The van der Waals surface area contributed by atoms with Crippen LogP contribution >= 0.6 is 0 Å². The van der Waals surface area contributed by atoms with Crippen LogP contribution in [0.1, 0.15) is 72.2 Å². The second-order valence-electron chi connectivity index (χ2n) is 11.6. The summed E-state index contributed by atoms with van der Waals surface area (Å²) >= 11 is 0. The van der Waals surface area contributed by atoms with Crippen molar-refractivity contribution in [3.8, 4) is 22.5 Å². The summed E-state index contributed by atoms with van der Waals surface area (Å²) in [7, 11) is 0. The van der Waals surface area contributed by atoms with Crippen molar-refractivity contribution in [1.82, 2.24) is 15.0 Å². The average molecular weight is 807 g/mol. The van der Waals surface area contributed by atoms with Crippen molar-refractivity contribution in [3.63, 3.8) is 0 Å². The molecule has 3 aromatic carbocycles. The second-order valence-corrected chi connectivity index (χ2v) is 11.6. The summed E-state index contributed by atoms with van der Waals surface area (Å²) in [5, 5.41) is 0.972. The summed E-state index contributed by atoms with van der Waals surface area (Å²) in [6.45, 7) is -1.42. The minimum absolute atomic E-state index is 0. The first kappa shape index (κ1) is 20.7. The maximum absolute atomic E-state index is 8.94. The number of hydrogen-bond donors (Lipinski definition) is 0. The predicted molar refractivity (Wildman–Crippen MR) is 189 cm³/mol. The molecule has 0 N–H and O–H groups in total. The third-order valence-electron chi connectivity index (χ3n) is 6.84. The van der Waals surface area contributed by atoms with Crippen LogP contribution in [-0.4, -0.2) is 15.0 Å². The number of aryl methyl sites for hydroxylation is 3. The van der Waals surface area contributed by atoms with Crippen molar-refractivity contribution in [3.05, 3.63) is 149 Å². The molecule has 0 unspecified atom stereocenters. The molecule has 4 heterocycles. The van der Waals surface area contributed by atoms with Crippen LogP contribution in [0.25, 0.3) is 44.5 Å². The van der Waals surface area contributed by atoms with Crippen LogP contribution in [0.15, 0.2) is 108 Å². The largest absolute Gasteiger partial charge is 0.499 e. The Balaban J connectivity index is 0.000000274. The van der Waals surface area contributed by atoms with Gasteiger partial charge in [-0.25, -0.2) is 0 Å². The zero-order chi connectivity index (χ0) is 43.3. The van der Waals surface area contributed by atoms with Gasteiger partial charge in [-0.2, -0.15) is 0 Å². The molecule has 7 rings (SSSR count). The Morgan fingerprint density at radius 1 is 0.787 bits per heavy atom. The SMILES string of the molecule is [2H]C([2H])([2H])c1c[c-]c(-c2ccc(C([2H])([2H])[2H])cn2)cc1.[2H]C([2H])([2H])c1cc2c(oc3c(-c4cc(C([2H])([2H])C(C)(C)C)ccn4)[c-]ccc32)c(C([2H])([2H])c2ccccc2)n1.[Ir]. The number of rotatable bonds is 5. The van der Waals surface area contributed by atoms with Crippen molar-refractivity contribution < 1.29 is 42.3 Å². The van der Waals surface area contributed by atoms with E-state index in [0.717, 1.165) is 0 Å². The van der Waals surface area contributed by atoms with Crippen LogP contribution in [0.3, 0.4) is 0 Å². The third kappa shape index (κ3) is 8.29. The molecule has 0 aliphatic rings. The van der Waals surface area contributed by atoms with Gasteiger partial charge >= 0.3 is 0 Å². The Morgan fingerprint density at radius 3 is 2.32 bits per heavy atom. The Morgan fingerprint density at radius 2 is 1.62 bits per heavy atom. The van der Waals surface area contributed by atoms with Crippen molar-refractivity contribution in [2.75, 3.05) is 0 Å². The summed E-state index contributed by atoms with van der Waals surface area (Å²) in [5.41, 5.74) is 2.63. The molecule has 7 aromatic rings. The summed E-state index contributed by atoms with van der Waals surface area (Å²) < 4.78 is 109. The molecule has 0 aliphatic heterocycles. The molecule has 0 amide bonds. The number of aromatic nitrogens is 3. The van der Waals surface area contributed by atoms with Crippen molar-refractivity contribution in [2.24, 2.45) is 5.41 Å². The molecule has 5 heteroatoms. The van der Waals surface area contributed by atoms with Gasteiger partial charge in [-0.3, -0.25) is 4.98 Å². The Bertz CT molecular complexity index is 2540. The van der Waals surface area contributed by atoms with E-state index in [0.29, 0.717) is 50.0 Å². The first-order chi connectivity index (χ1) is 27.3. The maximum atomic E-state index is 8.94. The van der Waals surface area contributed by atoms with Crippen LogP contribution in [0.5, 0.6) is 0 Å². The molecule has 0 fully saturated rings. The van der Waals surface area contributed by atoms with E-state index in [9.17, 15) is 0 Å². The quantitative estimate of drug-likeness (QED) is 0.163. The molecule has 0 saturated heterocycles. The third-order valence-corrected chi connectivity index (χ3v) is 6.84. The van der Waals surface area contributed by atoms with Crippen molar-refractivity contribution in [2.45, 2.75) is 54.1 Å². The number of fused-ring (bicyclic) bond motifs is 3. The minimum atomic E-state index is -2.57. The fraction of sp³-hybridized carbons (Fsp3) is 0.214. The van der Waals surface area contributed by atoms with Crippen LogP contribution in [0, 0.1) is 38.1 Å². The standard InChI is InChI=1S/C29H27N2O.C13H12N.Ir/c1-19-15-24-22-11-8-12-23(25-17-21(13-14-30-25)18-29(2,3)4)27(22)32-28(24)26(31-19)16-20-9-6-5-7-10-20;1-10-3-6-12(7-4-10)13-8-5-11(2)9-14-13;/h5-11,13-15,17H,16,18H2,1-4H3;3-6,8-9H,1-2H3;/q2*-1;/i1D3,16D2,18D2;1D3,2D3;. The van der Waals surface area contributed by atoms with Gasteiger partial charge in [0.15, 0.2) is 0 Å². The van der Waals surface area contributed by atoms with Gasteiger partial charge < -0.3 is 14.4 Å². The van der Waals surface area contributed by atoms with E-state index < -0.39 is 38.7 Å². The molecule has 4 aromatic heterocycles. The number of nitrogens with zero attached hydrogens (tertiary/aromatic N) is 3. The van der Waals surface area contributed by atoms with Gasteiger partial charge in [0, 0.05) is 67.8 Å². The van der Waals surface area contributed by atoms with Gasteiger partial charge in [-0.1, -0.05) is 92.7 Å². The van der Waals surface area contributed by atoms with Crippen LogP contribution in [0.2, 0.25) is 0 Å². The maximum Gasteiger partial charge on any atom is 0.142 e. The Hall–Kier alpha value is -4.44. The summed E-state index contributed by atoms with van der Waals surface area (Å²) in [4.78, 5) is 12.8. The van der Waals surface area contributed by atoms with E-state index >= 15 is 0 Å². The van der Waals surface area contributed by atoms with Gasteiger partial charge in [-0.05, 0) is 60.1 Å². The zero-order valence-corrected chi connectivity index (χ0v) is 28.3. The first-order valence-corrected chi connectivity index (χ1v) is 14.6. The van der Waals surface area contributed by atoms with Crippen LogP contribution < -0.4 is 0 Å². The number of furan rings is 1. The number of hydrogen-bond acceptors (Lipinski definition) is 4. The topological polar surface area (TPSA) is 51.8 Å². The molecule has 0 bridgehead atoms. The molecule has 239 valence electrons. The molecule has 4 nitrogen and oxygen atoms in total. The molecule has 1 radical (unpaired) electrons. The first-order valence-electron chi connectivity index (χ1n) is 21.1. The fourth-order valence-electron chi connectivity index (χ4n) is 4.89. The van der Waals surface area contributed by atoms with Crippen LogP contribution in [0.4, 0.5) is 0 Å². The van der Waals surface area contributed by atoms with E-state index in [-0.39, 0.29) is 48.2 Å². The molecular weight excluding hydrogens is 755 g/mol. The molecular formula is C42H39IrN3O-2. The molecule has 0 saturated carbocycles. The van der Waals surface area contributed by atoms with Gasteiger partial charge in [0.05, 0.1) is 11.3 Å². The van der Waals surface area contributed by atoms with Gasteiger partial charge in [0.1, 0.15) is 5.58 Å². The Kier molecular flexibility index (Phi) is 6.41. The van der Waals surface area contributed by atoms with Crippen molar-refractivity contribution >= 4 is 21.9 Å². The van der Waals surface area contributed by atoms with E-state index in [1.807, 2.05) is 20.8 Å². The molecule has 47 heavy (non-hydrogen) atoms. The van der Waals surface area contributed by atoms with Crippen LogP contribution in [-0.2, 0) is 32.9 Å². The smallest absolute Gasteiger partial charge is 0.142 e. The van der Waals surface area contributed by atoms with E-state index in [1.165, 1.54) is 36.7 Å². The van der Waals surface area contributed by atoms with Gasteiger partial charge in [0.25, 0.3) is 0 Å². The summed E-state index contributed by atoms with van der Waals surface area (Å²) in [6, 6.07) is 30.1. The summed E-state index contributed by atoms with van der Waals surface area (Å²) in [6.07, 6.45) is -0.964. The monoisotopic (exact) mass is 807 g/mol. The predicted octanol–water partition coefficient (Wildman–Crippen LogP) is 10.5. The second kappa shape index (κ2) is 14.5. The van der Waals surface area contributed by atoms with Crippen molar-refractivity contribution in [1.29, 1.82) is 0 Å². The van der Waals surface area contributed by atoms with E-state index in [2.05, 4.69) is 27.1 Å². The normalized spacial score (nSPS) is 16.7. The number of benzene rings is 3. The number of pyridine rings is 3. The molecule has 0 spiro atoms. The van der Waals surface area contributed by atoms with E-state index in [4.69, 9.17) is 22.2 Å². The molecule has 0 atom stereocenters. The fourth-order valence-corrected chi connectivity index (χ4v) is 4.89.